The van der Waals surface area contributed by atoms with Gasteiger partial charge in [0.15, 0.2) is 11.5 Å². The summed E-state index contributed by atoms with van der Waals surface area (Å²) < 4.78 is 30.7. The zero-order valence-corrected chi connectivity index (χ0v) is 17.5. The van der Waals surface area contributed by atoms with Crippen LogP contribution in [0.4, 0.5) is 4.39 Å². The lowest BCUT2D eigenvalue weighted by Gasteiger charge is -2.37. The lowest BCUT2D eigenvalue weighted by atomic mass is 9.91. The fraction of sp³-hybridized carbons (Fsp3) is 0.240. The molecule has 0 saturated carbocycles. The van der Waals surface area contributed by atoms with E-state index in [1.54, 1.807) is 31.3 Å². The number of fused-ring (bicyclic) bond motifs is 1. The van der Waals surface area contributed by atoms with Crippen LogP contribution in [0, 0.1) is 5.82 Å². The number of amides is 1. The second kappa shape index (κ2) is 9.08. The minimum atomic E-state index is -0.438. The SMILES string of the molecule is COc1cc2c(cc1OC)C(COc1ccccc1)N(C(=O)c1cccc(F)c1)CC2. The van der Waals surface area contributed by atoms with Crippen molar-refractivity contribution in [2.45, 2.75) is 12.5 Å². The van der Waals surface area contributed by atoms with Crippen molar-refractivity contribution in [3.8, 4) is 17.2 Å². The van der Waals surface area contributed by atoms with Gasteiger partial charge in [-0.3, -0.25) is 4.79 Å². The summed E-state index contributed by atoms with van der Waals surface area (Å²) in [6, 6.07) is 18.7. The molecule has 1 aliphatic rings. The van der Waals surface area contributed by atoms with Crippen molar-refractivity contribution in [1.29, 1.82) is 0 Å². The molecule has 1 unspecified atom stereocenters. The van der Waals surface area contributed by atoms with Crippen LogP contribution in [0.3, 0.4) is 0 Å². The number of halogens is 1. The molecule has 0 bridgehead atoms. The van der Waals surface area contributed by atoms with Crippen molar-refractivity contribution < 1.29 is 23.4 Å². The molecule has 0 aromatic heterocycles. The van der Waals surface area contributed by atoms with Gasteiger partial charge in [0.1, 0.15) is 18.2 Å². The van der Waals surface area contributed by atoms with Gasteiger partial charge in [0.25, 0.3) is 5.91 Å². The Kier molecular flexibility index (Phi) is 6.07. The third-order valence-electron chi connectivity index (χ3n) is 5.49. The lowest BCUT2D eigenvalue weighted by Crippen LogP contribution is -2.42. The van der Waals surface area contributed by atoms with Crippen LogP contribution in [-0.4, -0.2) is 38.2 Å². The number of benzene rings is 3. The van der Waals surface area contributed by atoms with Gasteiger partial charge in [0.05, 0.1) is 20.3 Å². The molecular weight excluding hydrogens is 397 g/mol. The third-order valence-corrected chi connectivity index (χ3v) is 5.49. The molecule has 5 nitrogen and oxygen atoms in total. The summed E-state index contributed by atoms with van der Waals surface area (Å²) in [6.07, 6.45) is 0.651. The quantitative estimate of drug-likeness (QED) is 0.581. The molecule has 1 heterocycles. The van der Waals surface area contributed by atoms with Crippen molar-refractivity contribution in [3.05, 3.63) is 89.2 Å². The normalized spacial score (nSPS) is 15.2. The van der Waals surface area contributed by atoms with E-state index in [9.17, 15) is 9.18 Å². The Bertz CT molecular complexity index is 1070. The van der Waals surface area contributed by atoms with Crippen molar-refractivity contribution in [3.63, 3.8) is 0 Å². The van der Waals surface area contributed by atoms with Crippen molar-refractivity contribution in [2.24, 2.45) is 0 Å². The molecule has 1 amide bonds. The van der Waals surface area contributed by atoms with Gasteiger partial charge >= 0.3 is 0 Å². The van der Waals surface area contributed by atoms with Crippen LogP contribution in [0.2, 0.25) is 0 Å². The predicted octanol–water partition coefficient (Wildman–Crippen LogP) is 4.66. The Morgan fingerprint density at radius 2 is 1.74 bits per heavy atom. The number of ether oxygens (including phenoxy) is 3. The highest BCUT2D eigenvalue weighted by Gasteiger charge is 2.33. The Hall–Kier alpha value is -3.54. The predicted molar refractivity (Wildman–Crippen MR) is 115 cm³/mol. The molecule has 0 N–H and O–H groups in total. The summed E-state index contributed by atoms with van der Waals surface area (Å²) >= 11 is 0. The maximum Gasteiger partial charge on any atom is 0.254 e. The van der Waals surface area contributed by atoms with E-state index >= 15 is 0 Å². The summed E-state index contributed by atoms with van der Waals surface area (Å²) in [6.45, 7) is 0.744. The zero-order chi connectivity index (χ0) is 21.8. The number of para-hydroxylation sites is 1. The fourth-order valence-electron chi connectivity index (χ4n) is 3.93. The lowest BCUT2D eigenvalue weighted by molar-refractivity contribution is 0.0589. The Balaban J connectivity index is 1.71. The highest BCUT2D eigenvalue weighted by Crippen LogP contribution is 2.39. The van der Waals surface area contributed by atoms with Gasteiger partial charge in [-0.2, -0.15) is 0 Å². The molecular formula is C25H24FNO4. The maximum atomic E-state index is 13.8. The molecule has 0 radical (unpaired) electrons. The van der Waals surface area contributed by atoms with Crippen LogP contribution < -0.4 is 14.2 Å². The van der Waals surface area contributed by atoms with Crippen molar-refractivity contribution >= 4 is 5.91 Å². The molecule has 4 rings (SSSR count). The first-order valence-corrected chi connectivity index (χ1v) is 10.1. The third kappa shape index (κ3) is 4.33. The van der Waals surface area contributed by atoms with Gasteiger partial charge in [-0.1, -0.05) is 24.3 Å². The highest BCUT2D eigenvalue weighted by atomic mass is 19.1. The van der Waals surface area contributed by atoms with E-state index in [0.717, 1.165) is 11.1 Å². The first kappa shape index (κ1) is 20.7. The molecule has 1 atom stereocenters. The Morgan fingerprint density at radius 1 is 1.00 bits per heavy atom. The summed E-state index contributed by atoms with van der Waals surface area (Å²) in [5.41, 5.74) is 2.32. The van der Waals surface area contributed by atoms with Gasteiger partial charge in [0, 0.05) is 12.1 Å². The molecule has 0 spiro atoms. The van der Waals surface area contributed by atoms with Crippen LogP contribution in [0.1, 0.15) is 27.5 Å². The number of hydrogen-bond acceptors (Lipinski definition) is 4. The first-order chi connectivity index (χ1) is 15.1. The van der Waals surface area contributed by atoms with Crippen LogP contribution in [0.5, 0.6) is 17.2 Å². The largest absolute Gasteiger partial charge is 0.493 e. The van der Waals surface area contributed by atoms with Crippen molar-refractivity contribution in [1.82, 2.24) is 4.90 Å². The highest BCUT2D eigenvalue weighted by molar-refractivity contribution is 5.94. The number of rotatable bonds is 6. The summed E-state index contributed by atoms with van der Waals surface area (Å²) in [7, 11) is 3.18. The van der Waals surface area contributed by atoms with Gasteiger partial charge in [-0.15, -0.1) is 0 Å². The number of nitrogens with zero attached hydrogens (tertiary/aromatic N) is 1. The average molecular weight is 421 g/mol. The maximum absolute atomic E-state index is 13.8. The van der Waals surface area contributed by atoms with Crippen LogP contribution >= 0.6 is 0 Å². The van der Waals surface area contributed by atoms with Gasteiger partial charge in [-0.25, -0.2) is 4.39 Å². The van der Waals surface area contributed by atoms with Crippen molar-refractivity contribution in [2.75, 3.05) is 27.4 Å². The van der Waals surface area contributed by atoms with E-state index in [0.29, 0.717) is 35.8 Å². The summed E-state index contributed by atoms with van der Waals surface area (Å²) in [4.78, 5) is 15.1. The summed E-state index contributed by atoms with van der Waals surface area (Å²) in [5, 5.41) is 0. The molecule has 3 aromatic rings. The Labute approximate surface area is 181 Å². The first-order valence-electron chi connectivity index (χ1n) is 10.1. The molecule has 3 aromatic carbocycles. The van der Waals surface area contributed by atoms with Gasteiger partial charge < -0.3 is 19.1 Å². The van der Waals surface area contributed by atoms with E-state index in [2.05, 4.69) is 0 Å². The van der Waals surface area contributed by atoms with Crippen LogP contribution in [0.15, 0.2) is 66.7 Å². The minimum absolute atomic E-state index is 0.235. The molecule has 0 saturated heterocycles. The minimum Gasteiger partial charge on any atom is -0.493 e. The number of carbonyl (C=O) groups is 1. The number of hydrogen-bond donors (Lipinski definition) is 0. The van der Waals surface area contributed by atoms with Gasteiger partial charge in [-0.05, 0) is 60.0 Å². The molecule has 31 heavy (non-hydrogen) atoms. The second-order valence-electron chi connectivity index (χ2n) is 7.30. The molecule has 1 aliphatic heterocycles. The molecule has 6 heteroatoms. The summed E-state index contributed by atoms with van der Waals surface area (Å²) in [5.74, 6) is 1.28. The van der Waals surface area contributed by atoms with E-state index < -0.39 is 5.82 Å². The number of carbonyl (C=O) groups excluding carboxylic acids is 1. The van der Waals surface area contributed by atoms with Crippen LogP contribution in [0.25, 0.3) is 0 Å². The molecule has 0 fully saturated rings. The fourth-order valence-corrected chi connectivity index (χ4v) is 3.93. The topological polar surface area (TPSA) is 48.0 Å². The van der Waals surface area contributed by atoms with Crippen LogP contribution in [-0.2, 0) is 6.42 Å². The van der Waals surface area contributed by atoms with E-state index in [-0.39, 0.29) is 18.6 Å². The zero-order valence-electron chi connectivity index (χ0n) is 17.5. The number of methoxy groups -OCH3 is 2. The average Bonchev–Trinajstić information content (AvgIpc) is 2.81. The van der Waals surface area contributed by atoms with E-state index in [4.69, 9.17) is 14.2 Å². The van der Waals surface area contributed by atoms with E-state index in [1.807, 2.05) is 42.5 Å². The second-order valence-corrected chi connectivity index (χ2v) is 7.30. The van der Waals surface area contributed by atoms with E-state index in [1.165, 1.54) is 12.1 Å². The van der Waals surface area contributed by atoms with Gasteiger partial charge in [0.2, 0.25) is 0 Å². The monoisotopic (exact) mass is 421 g/mol. The smallest absolute Gasteiger partial charge is 0.254 e. The molecule has 0 aliphatic carbocycles. The Morgan fingerprint density at radius 3 is 2.45 bits per heavy atom. The molecule has 160 valence electrons. The standard InChI is InChI=1S/C25H24FNO4/c1-29-23-14-17-11-12-27(25(28)18-7-6-8-19(26)13-18)22(21(17)15-24(23)30-2)16-31-20-9-4-3-5-10-20/h3-10,13-15,22H,11-12,16H2,1-2H3.